The van der Waals surface area contributed by atoms with Gasteiger partial charge in [0, 0.05) is 25.2 Å². The Labute approximate surface area is 125 Å². The third-order valence-corrected chi connectivity index (χ3v) is 6.80. The highest BCUT2D eigenvalue weighted by Gasteiger charge is 2.61. The van der Waals surface area contributed by atoms with Crippen molar-refractivity contribution in [2.45, 2.75) is 58.8 Å². The molecule has 5 atom stereocenters. The SMILES string of the molecule is C[C@]12CCC[C@@](C)(C(=O)O)[C@@H]1CC(=O)C1CC(=O)CC[C@@H]12. The first kappa shape index (κ1) is 14.7. The molecule has 1 N–H and O–H groups in total. The van der Waals surface area contributed by atoms with Crippen LogP contribution in [-0.2, 0) is 14.4 Å². The van der Waals surface area contributed by atoms with E-state index >= 15 is 0 Å². The number of carboxylic acids is 1. The molecule has 3 aliphatic carbocycles. The fourth-order valence-electron chi connectivity index (χ4n) is 5.56. The van der Waals surface area contributed by atoms with Crippen LogP contribution < -0.4 is 0 Å². The fourth-order valence-corrected chi connectivity index (χ4v) is 5.56. The molecule has 1 unspecified atom stereocenters. The third-order valence-electron chi connectivity index (χ3n) is 6.80. The van der Waals surface area contributed by atoms with Gasteiger partial charge < -0.3 is 5.11 Å². The van der Waals surface area contributed by atoms with Crippen molar-refractivity contribution < 1.29 is 19.5 Å². The number of rotatable bonds is 1. The van der Waals surface area contributed by atoms with Gasteiger partial charge >= 0.3 is 5.97 Å². The van der Waals surface area contributed by atoms with Gasteiger partial charge in [-0.05, 0) is 43.4 Å². The summed E-state index contributed by atoms with van der Waals surface area (Å²) in [6, 6.07) is 0. The van der Waals surface area contributed by atoms with Crippen molar-refractivity contribution in [3.63, 3.8) is 0 Å². The molecule has 0 amide bonds. The minimum Gasteiger partial charge on any atom is -0.481 e. The molecule has 0 aromatic rings. The van der Waals surface area contributed by atoms with E-state index in [0.29, 0.717) is 25.7 Å². The summed E-state index contributed by atoms with van der Waals surface area (Å²) in [5, 5.41) is 9.71. The van der Waals surface area contributed by atoms with E-state index in [1.807, 2.05) is 6.92 Å². The van der Waals surface area contributed by atoms with Gasteiger partial charge in [0.2, 0.25) is 0 Å². The zero-order chi connectivity index (χ0) is 15.4. The average Bonchev–Trinajstić information content (AvgIpc) is 2.41. The number of carbonyl (C=O) groups is 3. The Kier molecular flexibility index (Phi) is 3.26. The third kappa shape index (κ3) is 1.98. The lowest BCUT2D eigenvalue weighted by molar-refractivity contribution is -0.175. The van der Waals surface area contributed by atoms with Crippen LogP contribution in [0, 0.1) is 28.6 Å². The number of carboxylic acid groups (broad SMARTS) is 1. The van der Waals surface area contributed by atoms with Gasteiger partial charge in [-0.1, -0.05) is 13.3 Å². The lowest BCUT2D eigenvalue weighted by atomic mass is 9.44. The zero-order valence-corrected chi connectivity index (χ0v) is 12.9. The smallest absolute Gasteiger partial charge is 0.309 e. The van der Waals surface area contributed by atoms with E-state index in [9.17, 15) is 19.5 Å². The van der Waals surface area contributed by atoms with E-state index in [2.05, 4.69) is 6.92 Å². The number of aliphatic carboxylic acids is 1. The van der Waals surface area contributed by atoms with E-state index in [1.54, 1.807) is 0 Å². The minimum atomic E-state index is -0.797. The Morgan fingerprint density at radius 3 is 2.57 bits per heavy atom. The molecule has 3 saturated carbocycles. The summed E-state index contributed by atoms with van der Waals surface area (Å²) in [5.74, 6) is -0.479. The van der Waals surface area contributed by atoms with Crippen LogP contribution in [0.1, 0.15) is 58.8 Å². The van der Waals surface area contributed by atoms with Gasteiger partial charge in [0.15, 0.2) is 0 Å². The summed E-state index contributed by atoms with van der Waals surface area (Å²) in [4.78, 5) is 36.1. The molecule has 116 valence electrons. The maximum Gasteiger partial charge on any atom is 0.309 e. The Morgan fingerprint density at radius 2 is 1.90 bits per heavy atom. The van der Waals surface area contributed by atoms with Crippen LogP contribution >= 0.6 is 0 Å². The number of hydrogen-bond donors (Lipinski definition) is 1. The van der Waals surface area contributed by atoms with E-state index < -0.39 is 11.4 Å². The number of carbonyl (C=O) groups excluding carboxylic acids is 2. The number of ketones is 2. The van der Waals surface area contributed by atoms with Crippen molar-refractivity contribution >= 4 is 17.5 Å². The standard InChI is InChI=1S/C17H24O4/c1-16-6-3-7-17(2,15(20)21)14(16)9-13(19)11-8-10(18)4-5-12(11)16/h11-12,14H,3-9H2,1-2H3,(H,20,21)/t11?,12-,14+,16+,17+/m0/s1. The lowest BCUT2D eigenvalue weighted by Crippen LogP contribution is -2.58. The van der Waals surface area contributed by atoms with Gasteiger partial charge in [0.1, 0.15) is 11.6 Å². The molecule has 0 heterocycles. The summed E-state index contributed by atoms with van der Waals surface area (Å²) in [6.07, 6.45) is 4.60. The summed E-state index contributed by atoms with van der Waals surface area (Å²) in [5.41, 5.74) is -0.903. The highest BCUT2D eigenvalue weighted by molar-refractivity contribution is 5.91. The van der Waals surface area contributed by atoms with Gasteiger partial charge in [-0.2, -0.15) is 0 Å². The van der Waals surface area contributed by atoms with Crippen molar-refractivity contribution in [3.05, 3.63) is 0 Å². The summed E-state index contributed by atoms with van der Waals surface area (Å²) in [6.45, 7) is 4.00. The van der Waals surface area contributed by atoms with Crippen LogP contribution in [-0.4, -0.2) is 22.6 Å². The molecule has 0 radical (unpaired) electrons. The second kappa shape index (κ2) is 4.65. The number of hydrogen-bond acceptors (Lipinski definition) is 3. The Bertz CT molecular complexity index is 511. The Hall–Kier alpha value is -1.19. The number of fused-ring (bicyclic) bond motifs is 3. The summed E-state index contributed by atoms with van der Waals surface area (Å²) < 4.78 is 0. The predicted octanol–water partition coefficient (Wildman–Crippen LogP) is 2.84. The Balaban J connectivity index is 2.01. The first-order chi connectivity index (χ1) is 9.79. The second-order valence-corrected chi connectivity index (χ2v) is 7.80. The maximum atomic E-state index is 12.5. The number of Topliss-reactive ketones (excluding diaryl/α,β-unsaturated/α-hetero) is 2. The summed E-state index contributed by atoms with van der Waals surface area (Å²) >= 11 is 0. The van der Waals surface area contributed by atoms with Gasteiger partial charge in [0.05, 0.1) is 5.41 Å². The second-order valence-electron chi connectivity index (χ2n) is 7.80. The van der Waals surface area contributed by atoms with E-state index in [-0.39, 0.29) is 34.7 Å². The highest BCUT2D eigenvalue weighted by Crippen LogP contribution is 2.62. The van der Waals surface area contributed by atoms with Crippen LogP contribution in [0.25, 0.3) is 0 Å². The molecule has 3 aliphatic rings. The fraction of sp³-hybridized carbons (Fsp3) is 0.824. The lowest BCUT2D eigenvalue weighted by Gasteiger charge is -2.59. The molecule has 21 heavy (non-hydrogen) atoms. The largest absolute Gasteiger partial charge is 0.481 e. The summed E-state index contributed by atoms with van der Waals surface area (Å²) in [7, 11) is 0. The van der Waals surface area contributed by atoms with E-state index in [1.165, 1.54) is 0 Å². The molecule has 0 spiro atoms. The van der Waals surface area contributed by atoms with Crippen molar-refractivity contribution in [1.29, 1.82) is 0 Å². The highest BCUT2D eigenvalue weighted by atomic mass is 16.4. The van der Waals surface area contributed by atoms with E-state index in [0.717, 1.165) is 19.3 Å². The quantitative estimate of drug-likeness (QED) is 0.806. The van der Waals surface area contributed by atoms with Gasteiger partial charge in [0.25, 0.3) is 0 Å². The molecule has 4 heteroatoms. The average molecular weight is 292 g/mol. The monoisotopic (exact) mass is 292 g/mol. The molecule has 0 aromatic heterocycles. The molecule has 3 rings (SSSR count). The Morgan fingerprint density at radius 1 is 1.19 bits per heavy atom. The topological polar surface area (TPSA) is 71.4 Å². The van der Waals surface area contributed by atoms with Crippen LogP contribution in [0.5, 0.6) is 0 Å². The predicted molar refractivity (Wildman–Crippen MR) is 76.7 cm³/mol. The van der Waals surface area contributed by atoms with Gasteiger partial charge in [-0.25, -0.2) is 0 Å². The van der Waals surface area contributed by atoms with Crippen LogP contribution in [0.4, 0.5) is 0 Å². The normalized spacial score (nSPS) is 46.7. The zero-order valence-electron chi connectivity index (χ0n) is 12.9. The van der Waals surface area contributed by atoms with Crippen LogP contribution in [0.15, 0.2) is 0 Å². The molecule has 0 aromatic carbocycles. The van der Waals surface area contributed by atoms with Crippen LogP contribution in [0.2, 0.25) is 0 Å². The first-order valence-electron chi connectivity index (χ1n) is 8.07. The maximum absolute atomic E-state index is 12.5. The first-order valence-corrected chi connectivity index (χ1v) is 8.07. The molecular formula is C17H24O4. The molecule has 0 aliphatic heterocycles. The van der Waals surface area contributed by atoms with E-state index in [4.69, 9.17) is 0 Å². The van der Waals surface area contributed by atoms with Gasteiger partial charge in [-0.15, -0.1) is 0 Å². The van der Waals surface area contributed by atoms with Crippen molar-refractivity contribution in [3.8, 4) is 0 Å². The molecule has 4 nitrogen and oxygen atoms in total. The van der Waals surface area contributed by atoms with Gasteiger partial charge in [-0.3, -0.25) is 14.4 Å². The molecule has 0 bridgehead atoms. The van der Waals surface area contributed by atoms with Crippen molar-refractivity contribution in [1.82, 2.24) is 0 Å². The van der Waals surface area contributed by atoms with Crippen LogP contribution in [0.3, 0.4) is 0 Å². The molecule has 0 saturated heterocycles. The molecule has 3 fully saturated rings. The van der Waals surface area contributed by atoms with Crippen molar-refractivity contribution in [2.75, 3.05) is 0 Å². The molecular weight excluding hydrogens is 268 g/mol. The van der Waals surface area contributed by atoms with Crippen molar-refractivity contribution in [2.24, 2.45) is 28.6 Å². The minimum absolute atomic E-state index is 0.0850.